The second kappa shape index (κ2) is 10.3. The largest absolute Gasteiger partial charge is 0.497 e. The standard InChI is InChI=1S/C23H29Cl2N5O2/c1-4-15-11-20(27-8-7-26-16-5-9-32-10-6-16)30-23(28-15)21(14(2)29-30)22-18(24)12-17(31-3)13-19(22)25/h11-13,16,26-27H,4-10H2,1-3H3. The first-order chi connectivity index (χ1) is 15.5. The first kappa shape index (κ1) is 23.1. The summed E-state index contributed by atoms with van der Waals surface area (Å²) in [6.07, 6.45) is 2.93. The molecule has 172 valence electrons. The molecule has 3 heterocycles. The van der Waals surface area contributed by atoms with E-state index >= 15 is 0 Å². The Morgan fingerprint density at radius 1 is 1.12 bits per heavy atom. The lowest BCUT2D eigenvalue weighted by Gasteiger charge is -2.23. The van der Waals surface area contributed by atoms with Crippen LogP contribution in [0.5, 0.6) is 5.75 Å². The fourth-order valence-corrected chi connectivity index (χ4v) is 4.70. The minimum atomic E-state index is 0.506. The molecule has 1 fully saturated rings. The van der Waals surface area contributed by atoms with Gasteiger partial charge in [0.15, 0.2) is 5.65 Å². The van der Waals surface area contributed by atoms with Crippen LogP contribution in [0.4, 0.5) is 5.82 Å². The van der Waals surface area contributed by atoms with Crippen LogP contribution in [0, 0.1) is 6.92 Å². The molecule has 0 amide bonds. The maximum atomic E-state index is 6.60. The van der Waals surface area contributed by atoms with Gasteiger partial charge in [0.05, 0.1) is 28.4 Å². The molecule has 0 bridgehead atoms. The number of nitrogens with one attached hydrogen (secondary N) is 2. The summed E-state index contributed by atoms with van der Waals surface area (Å²) in [4.78, 5) is 4.86. The predicted octanol–water partition coefficient (Wildman–Crippen LogP) is 4.76. The van der Waals surface area contributed by atoms with Crippen molar-refractivity contribution in [3.63, 3.8) is 0 Å². The van der Waals surface area contributed by atoms with Crippen molar-refractivity contribution in [3.05, 3.63) is 39.6 Å². The van der Waals surface area contributed by atoms with Gasteiger partial charge in [-0.25, -0.2) is 4.98 Å². The lowest BCUT2D eigenvalue weighted by molar-refractivity contribution is 0.0784. The number of hydrogen-bond acceptors (Lipinski definition) is 6. The Labute approximate surface area is 198 Å². The topological polar surface area (TPSA) is 72.7 Å². The quantitative estimate of drug-likeness (QED) is 0.455. The third-order valence-electron chi connectivity index (χ3n) is 5.77. The van der Waals surface area contributed by atoms with Crippen molar-refractivity contribution in [3.8, 4) is 16.9 Å². The van der Waals surface area contributed by atoms with Crippen molar-refractivity contribution in [2.45, 2.75) is 39.2 Å². The molecule has 2 aromatic heterocycles. The van der Waals surface area contributed by atoms with Crippen molar-refractivity contribution >= 4 is 34.7 Å². The zero-order valence-electron chi connectivity index (χ0n) is 18.7. The Morgan fingerprint density at radius 2 is 1.84 bits per heavy atom. The van der Waals surface area contributed by atoms with E-state index in [1.807, 2.05) is 11.4 Å². The highest BCUT2D eigenvalue weighted by molar-refractivity contribution is 6.39. The number of methoxy groups -OCH3 is 1. The number of aryl methyl sites for hydroxylation is 2. The van der Waals surface area contributed by atoms with Gasteiger partial charge >= 0.3 is 0 Å². The Balaban J connectivity index is 1.64. The molecule has 0 spiro atoms. The van der Waals surface area contributed by atoms with Crippen LogP contribution < -0.4 is 15.4 Å². The smallest absolute Gasteiger partial charge is 0.165 e. The molecule has 1 aliphatic heterocycles. The molecule has 1 aromatic carbocycles. The highest BCUT2D eigenvalue weighted by atomic mass is 35.5. The highest BCUT2D eigenvalue weighted by Crippen LogP contribution is 2.41. The molecular formula is C23H29Cl2N5O2. The molecule has 7 nitrogen and oxygen atoms in total. The summed E-state index contributed by atoms with van der Waals surface area (Å²) < 4.78 is 12.6. The fraction of sp³-hybridized carbons (Fsp3) is 0.478. The number of rotatable bonds is 8. The fourth-order valence-electron chi connectivity index (χ4n) is 4.05. The summed E-state index contributed by atoms with van der Waals surface area (Å²) in [5.41, 5.74) is 4.06. The van der Waals surface area contributed by atoms with Gasteiger partial charge in [0.2, 0.25) is 0 Å². The third-order valence-corrected chi connectivity index (χ3v) is 6.36. The maximum absolute atomic E-state index is 6.60. The van der Waals surface area contributed by atoms with Gasteiger partial charge in [-0.3, -0.25) is 0 Å². The van der Waals surface area contributed by atoms with Crippen LogP contribution in [0.3, 0.4) is 0 Å². The van der Waals surface area contributed by atoms with Gasteiger partial charge < -0.3 is 20.1 Å². The predicted molar refractivity (Wildman–Crippen MR) is 129 cm³/mol. The average Bonchev–Trinajstić information content (AvgIpc) is 3.12. The van der Waals surface area contributed by atoms with E-state index in [0.717, 1.165) is 79.5 Å². The Morgan fingerprint density at radius 3 is 2.50 bits per heavy atom. The van der Waals surface area contributed by atoms with E-state index in [9.17, 15) is 0 Å². The number of nitrogens with zero attached hydrogens (tertiary/aromatic N) is 3. The highest BCUT2D eigenvalue weighted by Gasteiger charge is 2.22. The normalized spacial score (nSPS) is 14.8. The molecule has 0 radical (unpaired) electrons. The summed E-state index contributed by atoms with van der Waals surface area (Å²) in [6, 6.07) is 6.09. The van der Waals surface area contributed by atoms with E-state index in [1.54, 1.807) is 19.2 Å². The molecule has 0 unspecified atom stereocenters. The summed E-state index contributed by atoms with van der Waals surface area (Å²) in [5, 5.41) is 12.9. The van der Waals surface area contributed by atoms with Crippen molar-refractivity contribution < 1.29 is 9.47 Å². The summed E-state index contributed by atoms with van der Waals surface area (Å²) in [5.74, 6) is 1.51. The van der Waals surface area contributed by atoms with Gasteiger partial charge in [-0.2, -0.15) is 9.61 Å². The molecule has 4 rings (SSSR count). The van der Waals surface area contributed by atoms with Crippen molar-refractivity contribution in [2.24, 2.45) is 0 Å². The van der Waals surface area contributed by atoms with Gasteiger partial charge in [0.1, 0.15) is 11.6 Å². The van der Waals surface area contributed by atoms with Crippen LogP contribution in [0.2, 0.25) is 10.0 Å². The Bertz CT molecular complexity index is 1070. The lowest BCUT2D eigenvalue weighted by Crippen LogP contribution is -2.37. The van der Waals surface area contributed by atoms with Gasteiger partial charge in [-0.1, -0.05) is 30.1 Å². The Hall–Kier alpha value is -2.06. The Kier molecular flexibility index (Phi) is 7.40. The zero-order chi connectivity index (χ0) is 22.7. The number of benzene rings is 1. The van der Waals surface area contributed by atoms with E-state index in [-0.39, 0.29) is 0 Å². The molecule has 0 saturated carbocycles. The first-order valence-electron chi connectivity index (χ1n) is 11.0. The molecule has 0 atom stereocenters. The molecule has 1 saturated heterocycles. The molecule has 2 N–H and O–H groups in total. The average molecular weight is 478 g/mol. The number of halogens is 2. The van der Waals surface area contributed by atoms with E-state index in [0.29, 0.717) is 21.8 Å². The van der Waals surface area contributed by atoms with E-state index in [4.69, 9.17) is 42.8 Å². The monoisotopic (exact) mass is 477 g/mol. The van der Waals surface area contributed by atoms with Gasteiger partial charge in [-0.05, 0) is 38.3 Å². The summed E-state index contributed by atoms with van der Waals surface area (Å²) in [6.45, 7) is 7.34. The van der Waals surface area contributed by atoms with Crippen molar-refractivity contribution in [1.82, 2.24) is 19.9 Å². The van der Waals surface area contributed by atoms with Crippen LogP contribution in [0.1, 0.15) is 31.2 Å². The van der Waals surface area contributed by atoms with Gasteiger partial charge in [-0.15, -0.1) is 0 Å². The van der Waals surface area contributed by atoms with E-state index < -0.39 is 0 Å². The van der Waals surface area contributed by atoms with Crippen LogP contribution in [0.15, 0.2) is 18.2 Å². The van der Waals surface area contributed by atoms with Gasteiger partial charge in [0, 0.05) is 49.7 Å². The third kappa shape index (κ3) is 4.81. The molecule has 3 aromatic rings. The minimum Gasteiger partial charge on any atom is -0.497 e. The SMILES string of the molecule is CCc1cc(NCCNC2CCOCC2)n2nc(C)c(-c3c(Cl)cc(OC)cc3Cl)c2n1. The number of aromatic nitrogens is 3. The number of anilines is 1. The van der Waals surface area contributed by atoms with E-state index in [2.05, 4.69) is 23.6 Å². The van der Waals surface area contributed by atoms with Crippen molar-refractivity contribution in [2.75, 3.05) is 38.7 Å². The van der Waals surface area contributed by atoms with Gasteiger partial charge in [0.25, 0.3) is 0 Å². The maximum Gasteiger partial charge on any atom is 0.165 e. The molecular weight excluding hydrogens is 449 g/mol. The first-order valence-corrected chi connectivity index (χ1v) is 11.7. The second-order valence-electron chi connectivity index (χ2n) is 7.92. The molecule has 9 heteroatoms. The molecule has 0 aliphatic carbocycles. The van der Waals surface area contributed by atoms with Crippen LogP contribution in [-0.4, -0.2) is 54.1 Å². The molecule has 32 heavy (non-hydrogen) atoms. The number of ether oxygens (including phenoxy) is 2. The van der Waals surface area contributed by atoms with E-state index in [1.165, 1.54) is 0 Å². The van der Waals surface area contributed by atoms with Crippen LogP contribution in [-0.2, 0) is 11.2 Å². The number of hydrogen-bond donors (Lipinski definition) is 2. The lowest BCUT2D eigenvalue weighted by atomic mass is 10.1. The van der Waals surface area contributed by atoms with Crippen molar-refractivity contribution in [1.29, 1.82) is 0 Å². The second-order valence-corrected chi connectivity index (χ2v) is 8.73. The molecule has 1 aliphatic rings. The zero-order valence-corrected chi connectivity index (χ0v) is 20.2. The summed E-state index contributed by atoms with van der Waals surface area (Å²) in [7, 11) is 1.59. The summed E-state index contributed by atoms with van der Waals surface area (Å²) >= 11 is 13.2. The number of fused-ring (bicyclic) bond motifs is 1. The minimum absolute atomic E-state index is 0.506. The van der Waals surface area contributed by atoms with Crippen LogP contribution in [0.25, 0.3) is 16.8 Å². The van der Waals surface area contributed by atoms with Crippen LogP contribution >= 0.6 is 23.2 Å².